The molecule has 3 rings (SSSR count). The van der Waals surface area contributed by atoms with Crippen molar-refractivity contribution in [3.8, 4) is 0 Å². The lowest BCUT2D eigenvalue weighted by atomic mass is 9.92. The van der Waals surface area contributed by atoms with Crippen LogP contribution >= 0.6 is 7.60 Å². The Morgan fingerprint density at radius 1 is 0.810 bits per heavy atom. The van der Waals surface area contributed by atoms with Crippen molar-refractivity contribution in [1.82, 2.24) is 5.32 Å². The van der Waals surface area contributed by atoms with Gasteiger partial charge in [-0.3, -0.25) is 23.5 Å². The monoisotopic (exact) mass is 822 g/mol. The number of urea groups is 1. The number of esters is 2. The molecule has 3 N–H and O–H groups in total. The average molecular weight is 823 g/mol. The smallest absolute Gasteiger partial charge is 0.328 e. The predicted molar refractivity (Wildman–Crippen MR) is 229 cm³/mol. The third-order valence-electron chi connectivity index (χ3n) is 9.04. The highest BCUT2D eigenvalue weighted by Crippen LogP contribution is 2.46. The molecule has 3 atom stereocenters. The minimum Gasteiger partial charge on any atom is -0.428 e. The summed E-state index contributed by atoms with van der Waals surface area (Å²) in [5, 5.41) is 8.69. The number of hydrogen-bond acceptors (Lipinski definition) is 10. The molecule has 0 fully saturated rings. The van der Waals surface area contributed by atoms with Gasteiger partial charge in [0.2, 0.25) is 12.7 Å². The zero-order valence-electron chi connectivity index (χ0n) is 35.4. The lowest BCUT2D eigenvalue weighted by molar-refractivity contribution is -0.167. The zero-order valence-corrected chi connectivity index (χ0v) is 36.3. The highest BCUT2D eigenvalue weighted by Gasteiger charge is 2.25. The summed E-state index contributed by atoms with van der Waals surface area (Å²) < 4.78 is 33.9. The Bertz CT molecular complexity index is 1790. The highest BCUT2D eigenvalue weighted by molar-refractivity contribution is 7.53. The standard InChI is InChI=1S/C44H63N4O9P/c1-9-36(37-20-23-40(48(27-31(2)3)28-32(4)5)39(25-37)47-44(52)46-38-21-18-33(6)19-22-38)26-42(50)55-30-54-41(49)17-13-14-24-45-43(51)34(7)57-58(8,53)56-29-35-15-11-10-12-16-35/h10-12,15-16,18-23,25,31-32,34,36H,9,13-14,17,24,26-30H2,1-8H3,(H,45,51)(H2,46,47,52)/t34-,36-,58?/m0/s1. The van der Waals surface area contributed by atoms with E-state index in [9.17, 15) is 23.7 Å². The van der Waals surface area contributed by atoms with Crippen LogP contribution in [0.4, 0.5) is 21.9 Å². The SMILES string of the molecule is CC[C@@H](CC(=O)OCOC(=O)CCCCNC(=O)[C@H](C)OP(C)(=O)OCc1ccccc1)c1ccc(N(CC(C)C)CC(C)C)c(NC(=O)Nc2ccc(C)cc2)c1. The van der Waals surface area contributed by atoms with Crippen molar-refractivity contribution in [2.45, 2.75) is 99.2 Å². The minimum absolute atomic E-state index is 0.0541. The lowest BCUT2D eigenvalue weighted by Crippen LogP contribution is -2.34. The maximum atomic E-state index is 13.2. The molecule has 0 aliphatic heterocycles. The van der Waals surface area contributed by atoms with Crippen molar-refractivity contribution in [2.24, 2.45) is 11.8 Å². The summed E-state index contributed by atoms with van der Waals surface area (Å²) in [6.07, 6.45) is 0.662. The van der Waals surface area contributed by atoms with E-state index in [1.54, 1.807) is 0 Å². The number of rotatable bonds is 24. The van der Waals surface area contributed by atoms with Crippen LogP contribution in [0.5, 0.6) is 0 Å². The molecule has 0 radical (unpaired) electrons. The molecule has 0 saturated heterocycles. The number of aryl methyl sites for hydroxylation is 1. The number of nitrogens with zero attached hydrogens (tertiary/aromatic N) is 1. The van der Waals surface area contributed by atoms with E-state index in [0.29, 0.717) is 42.5 Å². The molecule has 0 heterocycles. The number of carbonyl (C=O) groups is 4. The molecular weight excluding hydrogens is 759 g/mol. The topological polar surface area (TPSA) is 162 Å². The highest BCUT2D eigenvalue weighted by atomic mass is 31.2. The third kappa shape index (κ3) is 17.8. The number of unbranched alkanes of at least 4 members (excludes halogenated alkanes) is 1. The molecule has 13 nitrogen and oxygen atoms in total. The molecule has 0 bridgehead atoms. The minimum atomic E-state index is -3.48. The summed E-state index contributed by atoms with van der Waals surface area (Å²) in [6.45, 7) is 16.9. The molecule has 0 spiro atoms. The number of ether oxygens (including phenoxy) is 2. The normalized spacial score (nSPS) is 13.3. The van der Waals surface area contributed by atoms with Crippen LogP contribution in [-0.2, 0) is 44.1 Å². The van der Waals surface area contributed by atoms with Crippen LogP contribution in [0.25, 0.3) is 0 Å². The van der Waals surface area contributed by atoms with Crippen molar-refractivity contribution in [1.29, 1.82) is 0 Å². The Morgan fingerprint density at radius 3 is 2.10 bits per heavy atom. The van der Waals surface area contributed by atoms with Crippen molar-refractivity contribution in [3.63, 3.8) is 0 Å². The number of benzene rings is 3. The van der Waals surface area contributed by atoms with Gasteiger partial charge in [-0.1, -0.05) is 88.7 Å². The maximum absolute atomic E-state index is 13.2. The summed E-state index contributed by atoms with van der Waals surface area (Å²) >= 11 is 0. The van der Waals surface area contributed by atoms with Gasteiger partial charge < -0.3 is 34.8 Å². The second-order valence-corrected chi connectivity index (χ2v) is 17.4. The van der Waals surface area contributed by atoms with Crippen molar-refractivity contribution < 1.29 is 42.3 Å². The average Bonchev–Trinajstić information content (AvgIpc) is 3.16. The zero-order chi connectivity index (χ0) is 42.7. The van der Waals surface area contributed by atoms with Crippen LogP contribution in [0, 0.1) is 18.8 Å². The fraction of sp³-hybridized carbons (Fsp3) is 0.500. The number of anilines is 3. The number of hydrogen-bond donors (Lipinski definition) is 3. The van der Waals surface area contributed by atoms with E-state index in [4.69, 9.17) is 18.5 Å². The predicted octanol–water partition coefficient (Wildman–Crippen LogP) is 9.42. The molecule has 0 aliphatic rings. The molecule has 3 aromatic carbocycles. The van der Waals surface area contributed by atoms with Crippen LogP contribution in [0.1, 0.15) is 96.3 Å². The fourth-order valence-electron chi connectivity index (χ4n) is 6.13. The first-order chi connectivity index (χ1) is 27.5. The van der Waals surface area contributed by atoms with E-state index in [-0.39, 0.29) is 37.9 Å². The maximum Gasteiger partial charge on any atom is 0.328 e. The second kappa shape index (κ2) is 24.3. The Balaban J connectivity index is 1.47. The van der Waals surface area contributed by atoms with Crippen molar-refractivity contribution in [2.75, 3.05) is 48.6 Å². The molecule has 318 valence electrons. The van der Waals surface area contributed by atoms with Crippen LogP contribution < -0.4 is 20.9 Å². The van der Waals surface area contributed by atoms with Crippen LogP contribution in [0.2, 0.25) is 0 Å². The number of carbonyl (C=O) groups excluding carboxylic acids is 4. The van der Waals surface area contributed by atoms with Gasteiger partial charge in [0.25, 0.3) is 0 Å². The number of nitrogens with one attached hydrogen (secondary N) is 3. The fourth-order valence-corrected chi connectivity index (χ4v) is 7.24. The summed E-state index contributed by atoms with van der Waals surface area (Å²) in [7, 11) is -3.48. The molecule has 58 heavy (non-hydrogen) atoms. The van der Waals surface area contributed by atoms with E-state index in [1.807, 2.05) is 86.6 Å². The molecule has 14 heteroatoms. The summed E-state index contributed by atoms with van der Waals surface area (Å²) in [4.78, 5) is 53.2. The third-order valence-corrected chi connectivity index (χ3v) is 10.3. The molecule has 1 unspecified atom stereocenters. The van der Waals surface area contributed by atoms with E-state index in [1.165, 1.54) is 13.6 Å². The Morgan fingerprint density at radius 2 is 1.47 bits per heavy atom. The lowest BCUT2D eigenvalue weighted by Gasteiger charge is -2.31. The molecule has 3 amide bonds. The second-order valence-electron chi connectivity index (χ2n) is 15.4. The summed E-state index contributed by atoms with van der Waals surface area (Å²) in [6, 6.07) is 22.4. The molecule has 0 aliphatic carbocycles. The first-order valence-corrected chi connectivity index (χ1v) is 22.1. The van der Waals surface area contributed by atoms with Gasteiger partial charge in [0.05, 0.1) is 24.4 Å². The molecular formula is C44H63N4O9P. The van der Waals surface area contributed by atoms with E-state index < -0.39 is 38.3 Å². The van der Waals surface area contributed by atoms with Crippen LogP contribution in [0.3, 0.4) is 0 Å². The first kappa shape index (κ1) is 47.7. The quantitative estimate of drug-likeness (QED) is 0.0344. The van der Waals surface area contributed by atoms with E-state index in [0.717, 1.165) is 35.5 Å². The van der Waals surface area contributed by atoms with Gasteiger partial charge in [-0.25, -0.2) is 4.79 Å². The number of amides is 3. The van der Waals surface area contributed by atoms with Gasteiger partial charge in [0.1, 0.15) is 6.10 Å². The van der Waals surface area contributed by atoms with Crippen molar-refractivity contribution >= 4 is 48.5 Å². The molecule has 0 saturated carbocycles. The molecule has 3 aromatic rings. The Hall–Kier alpha value is -4.71. The largest absolute Gasteiger partial charge is 0.428 e. The van der Waals surface area contributed by atoms with Gasteiger partial charge in [0.15, 0.2) is 0 Å². The van der Waals surface area contributed by atoms with E-state index in [2.05, 4.69) is 48.5 Å². The Labute approximate surface area is 344 Å². The van der Waals surface area contributed by atoms with Gasteiger partial charge in [0, 0.05) is 38.4 Å². The first-order valence-electron chi connectivity index (χ1n) is 20.1. The van der Waals surface area contributed by atoms with Gasteiger partial charge in [-0.2, -0.15) is 0 Å². The van der Waals surface area contributed by atoms with Gasteiger partial charge in [-0.05, 0) is 86.3 Å². The van der Waals surface area contributed by atoms with Gasteiger partial charge >= 0.3 is 25.6 Å². The van der Waals surface area contributed by atoms with Crippen molar-refractivity contribution in [3.05, 3.63) is 89.5 Å². The van der Waals surface area contributed by atoms with E-state index >= 15 is 0 Å². The van der Waals surface area contributed by atoms with Crippen LogP contribution in [-0.4, -0.2) is 63.1 Å². The van der Waals surface area contributed by atoms with Gasteiger partial charge in [-0.15, -0.1) is 0 Å². The Kier molecular flexibility index (Phi) is 19.9. The summed E-state index contributed by atoms with van der Waals surface area (Å²) in [5.74, 6) is -0.935. The summed E-state index contributed by atoms with van der Waals surface area (Å²) in [5.41, 5.74) is 5.01. The van der Waals surface area contributed by atoms with Crippen LogP contribution in [0.15, 0.2) is 72.8 Å². The molecule has 0 aromatic heterocycles.